The van der Waals surface area contributed by atoms with Crippen molar-refractivity contribution in [3.63, 3.8) is 0 Å². The Balaban J connectivity index is 1.45. The van der Waals surface area contributed by atoms with Crippen LogP contribution in [0.15, 0.2) is 76.2 Å². The molecule has 1 fully saturated rings. The fraction of sp³-hybridized carbons (Fsp3) is 0.292. The smallest absolute Gasteiger partial charge is 0.289 e. The molecule has 0 atom stereocenters. The van der Waals surface area contributed by atoms with Crippen molar-refractivity contribution in [1.82, 2.24) is 4.90 Å². The minimum absolute atomic E-state index is 0.0742. The summed E-state index contributed by atoms with van der Waals surface area (Å²) in [6.45, 7) is 2.75. The SMILES string of the molecule is CN(Cc1ccccc1N1CCCC1)C(=O)c1occc1CSc1ccccc1. The second-order valence-corrected chi connectivity index (χ2v) is 8.41. The van der Waals surface area contributed by atoms with Gasteiger partial charge >= 0.3 is 0 Å². The Morgan fingerprint density at radius 3 is 2.52 bits per heavy atom. The maximum Gasteiger partial charge on any atom is 0.289 e. The fourth-order valence-corrected chi connectivity index (χ4v) is 4.63. The number of carbonyl (C=O) groups excluding carboxylic acids is 1. The van der Waals surface area contributed by atoms with Gasteiger partial charge in [-0.1, -0.05) is 36.4 Å². The Morgan fingerprint density at radius 2 is 1.72 bits per heavy atom. The van der Waals surface area contributed by atoms with Crippen molar-refractivity contribution in [2.75, 3.05) is 25.0 Å². The number of para-hydroxylation sites is 1. The molecule has 1 aliphatic rings. The molecule has 150 valence electrons. The molecular formula is C24H26N2O2S. The van der Waals surface area contributed by atoms with Crippen LogP contribution in [0.25, 0.3) is 0 Å². The molecule has 4 nitrogen and oxygen atoms in total. The summed E-state index contributed by atoms with van der Waals surface area (Å²) >= 11 is 1.71. The van der Waals surface area contributed by atoms with Gasteiger partial charge < -0.3 is 14.2 Å². The van der Waals surface area contributed by atoms with Gasteiger partial charge in [0.05, 0.1) is 6.26 Å². The zero-order valence-corrected chi connectivity index (χ0v) is 17.5. The van der Waals surface area contributed by atoms with E-state index in [1.165, 1.54) is 29.0 Å². The van der Waals surface area contributed by atoms with Crippen molar-refractivity contribution in [3.05, 3.63) is 83.8 Å². The number of carbonyl (C=O) groups is 1. The lowest BCUT2D eigenvalue weighted by Crippen LogP contribution is -2.28. The minimum atomic E-state index is -0.0742. The molecule has 0 bridgehead atoms. The molecule has 0 radical (unpaired) electrons. The highest BCUT2D eigenvalue weighted by atomic mass is 32.2. The first-order valence-electron chi connectivity index (χ1n) is 10.0. The summed E-state index contributed by atoms with van der Waals surface area (Å²) in [6, 6.07) is 20.5. The van der Waals surface area contributed by atoms with E-state index in [4.69, 9.17) is 4.42 Å². The van der Waals surface area contributed by atoms with Gasteiger partial charge in [0.1, 0.15) is 0 Å². The third kappa shape index (κ3) is 4.67. The summed E-state index contributed by atoms with van der Waals surface area (Å²) in [6.07, 6.45) is 4.08. The molecule has 0 aliphatic carbocycles. The van der Waals surface area contributed by atoms with Gasteiger partial charge in [-0.3, -0.25) is 4.79 Å². The van der Waals surface area contributed by atoms with Crippen LogP contribution >= 0.6 is 11.8 Å². The van der Waals surface area contributed by atoms with Gasteiger partial charge in [-0.25, -0.2) is 0 Å². The highest BCUT2D eigenvalue weighted by Crippen LogP contribution is 2.28. The van der Waals surface area contributed by atoms with Crippen LogP contribution in [-0.2, 0) is 12.3 Å². The monoisotopic (exact) mass is 406 g/mol. The predicted molar refractivity (Wildman–Crippen MR) is 118 cm³/mol. The standard InChI is InChI=1S/C24H26N2O2S/c1-25(17-19-9-5-6-12-22(19)26-14-7-8-15-26)24(27)23-20(13-16-28-23)18-29-21-10-3-2-4-11-21/h2-6,9-13,16H,7-8,14-15,17-18H2,1H3. The zero-order valence-electron chi connectivity index (χ0n) is 16.7. The summed E-state index contributed by atoms with van der Waals surface area (Å²) < 4.78 is 5.59. The first-order valence-corrected chi connectivity index (χ1v) is 11.0. The van der Waals surface area contributed by atoms with Crippen LogP contribution in [0, 0.1) is 0 Å². The quantitative estimate of drug-likeness (QED) is 0.489. The molecule has 2 aromatic carbocycles. The van der Waals surface area contributed by atoms with E-state index in [9.17, 15) is 4.79 Å². The molecule has 1 saturated heterocycles. The van der Waals surface area contributed by atoms with E-state index in [2.05, 4.69) is 35.2 Å². The van der Waals surface area contributed by atoms with Crippen molar-refractivity contribution >= 4 is 23.4 Å². The van der Waals surface area contributed by atoms with Crippen LogP contribution in [0.5, 0.6) is 0 Å². The molecule has 1 aliphatic heterocycles. The molecule has 29 heavy (non-hydrogen) atoms. The summed E-state index contributed by atoms with van der Waals surface area (Å²) in [5, 5.41) is 0. The Hall–Kier alpha value is -2.66. The largest absolute Gasteiger partial charge is 0.459 e. The van der Waals surface area contributed by atoms with Gasteiger partial charge in [-0.2, -0.15) is 0 Å². The lowest BCUT2D eigenvalue weighted by Gasteiger charge is -2.24. The number of furan rings is 1. The van der Waals surface area contributed by atoms with Crippen LogP contribution in [0.4, 0.5) is 5.69 Å². The number of anilines is 1. The van der Waals surface area contributed by atoms with Gasteiger partial charge in [-0.05, 0) is 42.7 Å². The molecule has 1 aromatic heterocycles. The molecule has 0 unspecified atom stereocenters. The van der Waals surface area contributed by atoms with Crippen molar-refractivity contribution in [2.45, 2.75) is 30.0 Å². The molecule has 5 heteroatoms. The summed E-state index contributed by atoms with van der Waals surface area (Å²) in [5.74, 6) is 1.07. The van der Waals surface area contributed by atoms with Crippen LogP contribution in [0.3, 0.4) is 0 Å². The first-order chi connectivity index (χ1) is 14.2. The number of amides is 1. The third-order valence-corrected chi connectivity index (χ3v) is 6.33. The summed E-state index contributed by atoms with van der Waals surface area (Å²) in [5.41, 5.74) is 3.35. The molecule has 0 saturated carbocycles. The van der Waals surface area contributed by atoms with Crippen molar-refractivity contribution < 1.29 is 9.21 Å². The first kappa shape index (κ1) is 19.6. The lowest BCUT2D eigenvalue weighted by molar-refractivity contribution is 0.0752. The summed E-state index contributed by atoms with van der Waals surface area (Å²) in [7, 11) is 1.85. The maximum atomic E-state index is 13.1. The van der Waals surface area contributed by atoms with Gasteiger partial charge in [0.15, 0.2) is 5.76 Å². The van der Waals surface area contributed by atoms with E-state index in [1.54, 1.807) is 22.9 Å². The van der Waals surface area contributed by atoms with Gasteiger partial charge in [0.25, 0.3) is 5.91 Å². The normalized spacial score (nSPS) is 13.6. The minimum Gasteiger partial charge on any atom is -0.459 e. The Kier molecular flexibility index (Phi) is 6.25. The molecule has 1 amide bonds. The number of thioether (sulfide) groups is 1. The second kappa shape index (κ2) is 9.23. The topological polar surface area (TPSA) is 36.7 Å². The molecule has 3 aromatic rings. The highest BCUT2D eigenvalue weighted by molar-refractivity contribution is 7.98. The van der Waals surface area contributed by atoms with Crippen LogP contribution in [0.2, 0.25) is 0 Å². The Bertz CT molecular complexity index is 948. The van der Waals surface area contributed by atoms with Crippen molar-refractivity contribution in [2.24, 2.45) is 0 Å². The van der Waals surface area contributed by atoms with E-state index in [0.717, 1.165) is 18.7 Å². The Labute approximate surface area is 176 Å². The molecule has 0 N–H and O–H groups in total. The van der Waals surface area contributed by atoms with Gasteiger partial charge in [0, 0.05) is 48.6 Å². The van der Waals surface area contributed by atoms with Gasteiger partial charge in [0.2, 0.25) is 0 Å². The van der Waals surface area contributed by atoms with Crippen molar-refractivity contribution in [3.8, 4) is 0 Å². The predicted octanol–water partition coefficient (Wildman–Crippen LogP) is 5.44. The fourth-order valence-electron chi connectivity index (χ4n) is 3.73. The van der Waals surface area contributed by atoms with E-state index < -0.39 is 0 Å². The van der Waals surface area contributed by atoms with Crippen molar-refractivity contribution in [1.29, 1.82) is 0 Å². The van der Waals surface area contributed by atoms with Crippen LogP contribution < -0.4 is 4.90 Å². The third-order valence-electron chi connectivity index (χ3n) is 5.27. The van der Waals surface area contributed by atoms with Crippen LogP contribution in [0.1, 0.15) is 34.5 Å². The number of nitrogens with zero attached hydrogens (tertiary/aromatic N) is 2. The van der Waals surface area contributed by atoms with E-state index >= 15 is 0 Å². The number of hydrogen-bond donors (Lipinski definition) is 0. The molecule has 4 rings (SSSR count). The highest BCUT2D eigenvalue weighted by Gasteiger charge is 2.22. The van der Waals surface area contributed by atoms with Gasteiger partial charge in [-0.15, -0.1) is 11.8 Å². The van der Waals surface area contributed by atoms with E-state index in [0.29, 0.717) is 18.1 Å². The van der Waals surface area contributed by atoms with Crippen LogP contribution in [-0.4, -0.2) is 30.9 Å². The second-order valence-electron chi connectivity index (χ2n) is 7.36. The molecular weight excluding hydrogens is 380 g/mol. The number of benzene rings is 2. The Morgan fingerprint density at radius 1 is 1.00 bits per heavy atom. The zero-order chi connectivity index (χ0) is 20.1. The average Bonchev–Trinajstić information content (AvgIpc) is 3.45. The molecule has 2 heterocycles. The average molecular weight is 407 g/mol. The summed E-state index contributed by atoms with van der Waals surface area (Å²) in [4.78, 5) is 18.4. The lowest BCUT2D eigenvalue weighted by atomic mass is 10.1. The van der Waals surface area contributed by atoms with E-state index in [-0.39, 0.29) is 5.91 Å². The van der Waals surface area contributed by atoms with E-state index in [1.807, 2.05) is 37.4 Å². The number of hydrogen-bond acceptors (Lipinski definition) is 4. The number of rotatable bonds is 7. The molecule has 0 spiro atoms. The maximum absolute atomic E-state index is 13.1.